The molecule has 0 fully saturated rings. The van der Waals surface area contributed by atoms with Crippen molar-refractivity contribution in [2.24, 2.45) is 11.5 Å². The minimum absolute atomic E-state index is 0.0193. The number of hydrogen-bond acceptors (Lipinski definition) is 13. The Morgan fingerprint density at radius 2 is 0.955 bits per heavy atom. The average Bonchev–Trinajstić information content (AvgIpc) is 3.30. The molecule has 0 bridgehead atoms. The van der Waals surface area contributed by atoms with Crippen LogP contribution in [0.3, 0.4) is 0 Å². The van der Waals surface area contributed by atoms with Crippen LogP contribution in [-0.2, 0) is 57.6 Å². The number of aliphatic hydroxyl groups is 1. The van der Waals surface area contributed by atoms with Crippen LogP contribution in [0, 0.1) is 0 Å². The molecule has 20 nitrogen and oxygen atoms in total. The number of aliphatic hydroxyl groups excluding tert-OH is 1. The molecule has 14 N–H and O–H groups in total. The molecule has 0 aliphatic heterocycles. The Bertz CT molecular complexity index is 2080. The molecule has 3 rings (SSSR count). The van der Waals surface area contributed by atoms with Crippen LogP contribution in [0.25, 0.3) is 0 Å². The van der Waals surface area contributed by atoms with Gasteiger partial charge in [0.25, 0.3) is 0 Å². The summed E-state index contributed by atoms with van der Waals surface area (Å²) in [6.45, 7) is -0.639. The zero-order chi connectivity index (χ0) is 49.3. The summed E-state index contributed by atoms with van der Waals surface area (Å²) in [6.07, 6.45) is 1.59. The lowest BCUT2D eigenvalue weighted by Gasteiger charge is -2.28. The van der Waals surface area contributed by atoms with E-state index in [9.17, 15) is 58.8 Å². The number of phenolic OH excluding ortho intramolecular Hbond substituents is 1. The fraction of sp³-hybridized carbons (Fsp3) is 0.435. The van der Waals surface area contributed by atoms with Gasteiger partial charge in [-0.15, -0.1) is 0 Å². The van der Waals surface area contributed by atoms with Gasteiger partial charge in [-0.1, -0.05) is 72.8 Å². The van der Waals surface area contributed by atoms with Gasteiger partial charge >= 0.3 is 11.9 Å². The summed E-state index contributed by atoms with van der Waals surface area (Å²) in [5.74, 6) is -7.44. The van der Waals surface area contributed by atoms with E-state index in [4.69, 9.17) is 11.5 Å². The number of nitrogens with two attached hydrogens (primary N) is 2. The van der Waals surface area contributed by atoms with Crippen molar-refractivity contribution < 1.29 is 58.8 Å². The highest BCUT2D eigenvalue weighted by Crippen LogP contribution is 2.13. The first-order chi connectivity index (χ1) is 32.0. The summed E-state index contributed by atoms with van der Waals surface area (Å²) in [4.78, 5) is 106. The van der Waals surface area contributed by atoms with Gasteiger partial charge in [-0.25, -0.2) is 4.79 Å². The molecular formula is C46H62N8O12S. The Labute approximate surface area is 392 Å². The summed E-state index contributed by atoms with van der Waals surface area (Å²) in [7, 11) is 0. The standard InChI is InChI=1S/C46H62N8O12S/c1-67-23-21-35(43(62)53-37(26-29-12-6-3-7-13-29)45(64)49-33(14-8-9-22-47)41(60)54-38(27-55)46(65)66)51-42(61)34(19-20-39(57)58)50-44(63)36(25-28-10-4-2-5-11-28)52-40(59)32(48)24-30-15-17-31(56)18-16-30/h2-7,10-13,15-18,32-38,55-56H,8-9,14,19-27,47-48H2,1H3,(H,49,64)(H,50,63)(H,51,61)(H,52,59)(H,53,62)(H,54,60)(H,57,58)(H,65,66)/t32-,33-,34-,35-,36-,37-,38-/m0/s1. The SMILES string of the molecule is CSCC[C@H](NC(=O)[C@H](CCC(=O)O)NC(=O)[C@H](Cc1ccccc1)NC(=O)[C@@H](N)Cc1ccc(O)cc1)C(=O)N[C@@H](Cc1ccccc1)C(=O)N[C@@H](CCCCN)C(=O)N[C@@H](CO)C(=O)O. The Kier molecular flexibility index (Phi) is 23.8. The molecule has 21 heteroatoms. The highest BCUT2D eigenvalue weighted by molar-refractivity contribution is 7.98. The van der Waals surface area contributed by atoms with Crippen molar-refractivity contribution in [2.75, 3.05) is 25.2 Å². The topological polar surface area (TPSA) is 342 Å². The number of carboxylic acid groups (broad SMARTS) is 2. The molecule has 0 saturated carbocycles. The molecule has 0 spiro atoms. The Morgan fingerprint density at radius 1 is 0.537 bits per heavy atom. The number of amides is 6. The summed E-state index contributed by atoms with van der Waals surface area (Å²) in [6, 6.07) is 13.7. The largest absolute Gasteiger partial charge is 0.508 e. The van der Waals surface area contributed by atoms with Crippen LogP contribution >= 0.6 is 11.8 Å². The summed E-state index contributed by atoms with van der Waals surface area (Å²) in [5.41, 5.74) is 13.7. The third-order valence-corrected chi connectivity index (χ3v) is 11.1. The molecule has 67 heavy (non-hydrogen) atoms. The lowest BCUT2D eigenvalue weighted by Crippen LogP contribution is -2.60. The first kappa shape index (κ1) is 54.8. The first-order valence-electron chi connectivity index (χ1n) is 21.7. The van der Waals surface area contributed by atoms with Crippen molar-refractivity contribution in [1.29, 1.82) is 0 Å². The van der Waals surface area contributed by atoms with E-state index in [0.717, 1.165) is 0 Å². The van der Waals surface area contributed by atoms with Gasteiger partial charge in [-0.05, 0) is 85.9 Å². The van der Waals surface area contributed by atoms with Gasteiger partial charge in [0.05, 0.1) is 12.6 Å². The molecule has 0 aliphatic rings. The molecule has 7 atom stereocenters. The zero-order valence-electron chi connectivity index (χ0n) is 37.2. The maximum atomic E-state index is 14.2. The summed E-state index contributed by atoms with van der Waals surface area (Å²) < 4.78 is 0. The molecule has 6 amide bonds. The maximum absolute atomic E-state index is 14.2. The number of carbonyl (C=O) groups is 8. The molecule has 0 saturated heterocycles. The number of hydrogen-bond donors (Lipinski definition) is 12. The van der Waals surface area contributed by atoms with Crippen LogP contribution < -0.4 is 43.4 Å². The van der Waals surface area contributed by atoms with Crippen LogP contribution in [0.2, 0.25) is 0 Å². The van der Waals surface area contributed by atoms with Crippen molar-refractivity contribution in [3.63, 3.8) is 0 Å². The van der Waals surface area contributed by atoms with Crippen molar-refractivity contribution in [1.82, 2.24) is 31.9 Å². The quantitative estimate of drug-likeness (QED) is 0.0374. The predicted octanol–water partition coefficient (Wildman–Crippen LogP) is -0.520. The molecule has 0 radical (unpaired) electrons. The number of nitrogens with one attached hydrogen (secondary N) is 6. The minimum atomic E-state index is -1.65. The highest BCUT2D eigenvalue weighted by Gasteiger charge is 2.34. The number of phenols is 1. The van der Waals surface area contributed by atoms with Crippen molar-refractivity contribution in [3.05, 3.63) is 102 Å². The molecule has 3 aromatic rings. The van der Waals surface area contributed by atoms with Crippen molar-refractivity contribution in [2.45, 2.75) is 100 Å². The Hall–Kier alpha value is -6.55. The number of carboxylic acids is 2. The van der Waals surface area contributed by atoms with Gasteiger partial charge in [0.15, 0.2) is 0 Å². The number of aliphatic carboxylic acids is 2. The summed E-state index contributed by atoms with van der Waals surface area (Å²) in [5, 5.41) is 53.5. The second-order valence-electron chi connectivity index (χ2n) is 15.7. The smallest absolute Gasteiger partial charge is 0.328 e. The van der Waals surface area contributed by atoms with Gasteiger partial charge in [-0.3, -0.25) is 33.6 Å². The monoisotopic (exact) mass is 950 g/mol. The predicted molar refractivity (Wildman–Crippen MR) is 249 cm³/mol. The minimum Gasteiger partial charge on any atom is -0.508 e. The van der Waals surface area contributed by atoms with Crippen LogP contribution in [-0.4, -0.2) is 135 Å². The van der Waals surface area contributed by atoms with E-state index in [1.807, 2.05) is 0 Å². The van der Waals surface area contributed by atoms with Crippen molar-refractivity contribution in [3.8, 4) is 5.75 Å². The number of unbranched alkanes of at least 4 members (excludes halogenated alkanes) is 1. The van der Waals surface area contributed by atoms with Gasteiger partial charge < -0.3 is 63.8 Å². The van der Waals surface area contributed by atoms with E-state index in [0.29, 0.717) is 35.3 Å². The summed E-state index contributed by atoms with van der Waals surface area (Å²) >= 11 is 1.35. The van der Waals surface area contributed by atoms with Crippen LogP contribution in [0.5, 0.6) is 5.75 Å². The molecule has 0 aliphatic carbocycles. The van der Waals surface area contributed by atoms with Gasteiger partial charge in [0.1, 0.15) is 42.0 Å². The van der Waals surface area contributed by atoms with Gasteiger partial charge in [0.2, 0.25) is 35.4 Å². The lowest BCUT2D eigenvalue weighted by molar-refractivity contribution is -0.143. The third kappa shape index (κ3) is 19.8. The fourth-order valence-corrected chi connectivity index (χ4v) is 7.20. The number of aromatic hydroxyl groups is 1. The number of carbonyl (C=O) groups excluding carboxylic acids is 6. The zero-order valence-corrected chi connectivity index (χ0v) is 38.0. The molecule has 364 valence electrons. The van der Waals surface area contributed by atoms with Crippen molar-refractivity contribution >= 4 is 59.1 Å². The normalized spacial score (nSPS) is 14.1. The second-order valence-corrected chi connectivity index (χ2v) is 16.7. The second kappa shape index (κ2) is 29.2. The van der Waals surface area contributed by atoms with E-state index >= 15 is 0 Å². The van der Waals surface area contributed by atoms with E-state index in [1.165, 1.54) is 23.9 Å². The maximum Gasteiger partial charge on any atom is 0.328 e. The lowest BCUT2D eigenvalue weighted by atomic mass is 10.0. The first-order valence-corrected chi connectivity index (χ1v) is 23.1. The van der Waals surface area contributed by atoms with E-state index in [1.54, 1.807) is 79.1 Å². The van der Waals surface area contributed by atoms with Gasteiger partial charge in [0, 0.05) is 19.3 Å². The molecule has 3 aromatic carbocycles. The molecule has 0 heterocycles. The van der Waals surface area contributed by atoms with Gasteiger partial charge in [-0.2, -0.15) is 11.8 Å². The van der Waals surface area contributed by atoms with E-state index in [2.05, 4.69) is 31.9 Å². The van der Waals surface area contributed by atoms with Crippen LogP contribution in [0.15, 0.2) is 84.9 Å². The third-order valence-electron chi connectivity index (χ3n) is 10.5. The van der Waals surface area contributed by atoms with Crippen LogP contribution in [0.4, 0.5) is 0 Å². The molecular weight excluding hydrogens is 889 g/mol. The molecule has 0 unspecified atom stereocenters. The number of benzene rings is 3. The van der Waals surface area contributed by atoms with Crippen LogP contribution in [0.1, 0.15) is 55.2 Å². The Balaban J connectivity index is 1.89. The van der Waals surface area contributed by atoms with E-state index < -0.39 is 109 Å². The van der Waals surface area contributed by atoms with E-state index in [-0.39, 0.29) is 44.4 Å². The highest BCUT2D eigenvalue weighted by atomic mass is 32.2. The number of rotatable bonds is 30. The fourth-order valence-electron chi connectivity index (χ4n) is 6.73. The Morgan fingerprint density at radius 3 is 1.40 bits per heavy atom. The average molecular weight is 951 g/mol. The number of thioether (sulfide) groups is 1. The molecule has 0 aromatic heterocycles.